The molecule has 0 amide bonds. The maximum Gasteiger partial charge on any atom is 0.275 e. The predicted molar refractivity (Wildman–Crippen MR) is 89.5 cm³/mol. The zero-order valence-electron chi connectivity index (χ0n) is 13.2. The van der Waals surface area contributed by atoms with Gasteiger partial charge in [-0.05, 0) is 31.0 Å². The second kappa shape index (κ2) is 6.64. The van der Waals surface area contributed by atoms with Gasteiger partial charge in [0.05, 0.1) is 6.04 Å². The second-order valence-corrected chi connectivity index (χ2v) is 6.27. The minimum absolute atomic E-state index is 0.228. The van der Waals surface area contributed by atoms with Gasteiger partial charge in [-0.1, -0.05) is 25.2 Å². The molecule has 3 rings (SSSR count). The normalized spacial score (nSPS) is 12.5. The van der Waals surface area contributed by atoms with Gasteiger partial charge < -0.3 is 5.32 Å². The molecule has 1 N–H and O–H groups in total. The largest absolute Gasteiger partial charge is 0.353 e. The number of benzene rings is 1. The molecule has 0 bridgehead atoms. The standard InChI is InChI=1S/C16H16F2N4OS/c1-3-10-8-14(23)22-16(19-10)24-15(21-22)20-13(4-2)11-7-9(17)5-6-12(11)18/h5-8,13H,3-4H2,1-2H3,(H,20,21). The topological polar surface area (TPSA) is 59.3 Å². The Labute approximate surface area is 141 Å². The molecule has 0 spiro atoms. The predicted octanol–water partition coefficient (Wildman–Crippen LogP) is 3.55. The van der Waals surface area contributed by atoms with Crippen LogP contribution in [0.15, 0.2) is 29.1 Å². The Morgan fingerprint density at radius 3 is 2.79 bits per heavy atom. The molecule has 126 valence electrons. The number of hydrogen-bond donors (Lipinski definition) is 1. The van der Waals surface area contributed by atoms with E-state index < -0.39 is 17.7 Å². The third-order valence-corrected chi connectivity index (χ3v) is 4.54. The van der Waals surface area contributed by atoms with Crippen LogP contribution in [-0.4, -0.2) is 14.6 Å². The lowest BCUT2D eigenvalue weighted by Crippen LogP contribution is -2.16. The summed E-state index contributed by atoms with van der Waals surface area (Å²) in [4.78, 5) is 16.9. The van der Waals surface area contributed by atoms with Crippen LogP contribution in [0.25, 0.3) is 4.96 Å². The molecule has 1 atom stereocenters. The number of halogens is 2. The van der Waals surface area contributed by atoms with Crippen molar-refractivity contribution in [2.24, 2.45) is 0 Å². The van der Waals surface area contributed by atoms with Crippen molar-refractivity contribution in [2.45, 2.75) is 32.7 Å². The van der Waals surface area contributed by atoms with E-state index in [9.17, 15) is 13.6 Å². The van der Waals surface area contributed by atoms with E-state index >= 15 is 0 Å². The number of rotatable bonds is 5. The molecule has 0 fully saturated rings. The third kappa shape index (κ3) is 3.14. The molecule has 3 aromatic rings. The van der Waals surface area contributed by atoms with Crippen molar-refractivity contribution in [2.75, 3.05) is 5.32 Å². The fraction of sp³-hybridized carbons (Fsp3) is 0.312. The molecule has 2 aromatic heterocycles. The fourth-order valence-corrected chi connectivity index (χ4v) is 3.30. The molecular formula is C16H16F2N4OS. The van der Waals surface area contributed by atoms with Crippen LogP contribution in [0.4, 0.5) is 13.9 Å². The van der Waals surface area contributed by atoms with E-state index in [1.807, 2.05) is 13.8 Å². The zero-order chi connectivity index (χ0) is 17.3. The first-order valence-corrected chi connectivity index (χ1v) is 8.44. The molecular weight excluding hydrogens is 334 g/mol. The van der Waals surface area contributed by atoms with E-state index in [1.54, 1.807) is 0 Å². The van der Waals surface area contributed by atoms with Gasteiger partial charge in [-0.15, -0.1) is 5.10 Å². The molecule has 0 saturated heterocycles. The molecule has 2 heterocycles. The van der Waals surface area contributed by atoms with E-state index in [0.29, 0.717) is 28.6 Å². The number of nitrogens with zero attached hydrogens (tertiary/aromatic N) is 3. The van der Waals surface area contributed by atoms with Gasteiger partial charge >= 0.3 is 0 Å². The van der Waals surface area contributed by atoms with Crippen molar-refractivity contribution in [3.63, 3.8) is 0 Å². The van der Waals surface area contributed by atoms with Crippen molar-refractivity contribution < 1.29 is 8.78 Å². The van der Waals surface area contributed by atoms with Crippen LogP contribution in [0.3, 0.4) is 0 Å². The minimum atomic E-state index is -0.499. The van der Waals surface area contributed by atoms with E-state index in [1.165, 1.54) is 28.0 Å². The third-order valence-electron chi connectivity index (χ3n) is 3.70. The quantitative estimate of drug-likeness (QED) is 0.764. The minimum Gasteiger partial charge on any atom is -0.353 e. The summed E-state index contributed by atoms with van der Waals surface area (Å²) in [6.07, 6.45) is 1.18. The van der Waals surface area contributed by atoms with Gasteiger partial charge in [0.2, 0.25) is 10.1 Å². The Balaban J connectivity index is 1.97. The van der Waals surface area contributed by atoms with Gasteiger partial charge in [0.1, 0.15) is 11.6 Å². The molecule has 0 saturated carbocycles. The Kier molecular flexibility index (Phi) is 4.57. The SMILES string of the molecule is CCc1cc(=O)n2nc(NC(CC)c3cc(F)ccc3F)sc2n1. The highest BCUT2D eigenvalue weighted by Crippen LogP contribution is 2.27. The fourth-order valence-electron chi connectivity index (χ4n) is 2.43. The number of anilines is 1. The highest BCUT2D eigenvalue weighted by atomic mass is 32.1. The van der Waals surface area contributed by atoms with E-state index in [0.717, 1.165) is 12.1 Å². The Bertz CT molecular complexity index is 937. The maximum atomic E-state index is 14.0. The highest BCUT2D eigenvalue weighted by Gasteiger charge is 2.17. The molecule has 8 heteroatoms. The van der Waals surface area contributed by atoms with Crippen LogP contribution < -0.4 is 10.9 Å². The van der Waals surface area contributed by atoms with Crippen LogP contribution in [0.1, 0.15) is 37.6 Å². The molecule has 24 heavy (non-hydrogen) atoms. The average Bonchev–Trinajstić information content (AvgIpc) is 2.98. The van der Waals surface area contributed by atoms with Gasteiger partial charge in [-0.25, -0.2) is 13.8 Å². The van der Waals surface area contributed by atoms with Crippen LogP contribution in [0.2, 0.25) is 0 Å². The first kappa shape index (κ1) is 16.5. The first-order chi connectivity index (χ1) is 11.5. The van der Waals surface area contributed by atoms with Crippen LogP contribution in [-0.2, 0) is 6.42 Å². The summed E-state index contributed by atoms with van der Waals surface area (Å²) in [5.74, 6) is -0.984. The van der Waals surface area contributed by atoms with Gasteiger partial charge in [-0.3, -0.25) is 4.79 Å². The number of nitrogens with one attached hydrogen (secondary N) is 1. The molecule has 0 radical (unpaired) electrons. The summed E-state index contributed by atoms with van der Waals surface area (Å²) in [7, 11) is 0. The molecule has 1 unspecified atom stereocenters. The van der Waals surface area contributed by atoms with Gasteiger partial charge in [-0.2, -0.15) is 4.52 Å². The molecule has 0 aliphatic carbocycles. The smallest absolute Gasteiger partial charge is 0.275 e. The number of fused-ring (bicyclic) bond motifs is 1. The molecule has 1 aromatic carbocycles. The van der Waals surface area contributed by atoms with Gasteiger partial charge in [0, 0.05) is 17.3 Å². The number of aryl methyl sites for hydroxylation is 1. The summed E-state index contributed by atoms with van der Waals surface area (Å²) in [5, 5.41) is 7.69. The van der Waals surface area contributed by atoms with Crippen molar-refractivity contribution in [1.82, 2.24) is 14.6 Å². The highest BCUT2D eigenvalue weighted by molar-refractivity contribution is 7.20. The van der Waals surface area contributed by atoms with Crippen molar-refractivity contribution >= 4 is 21.4 Å². The summed E-state index contributed by atoms with van der Waals surface area (Å²) in [5.41, 5.74) is 0.663. The van der Waals surface area contributed by atoms with Gasteiger partial charge in [0.15, 0.2) is 0 Å². The van der Waals surface area contributed by atoms with Gasteiger partial charge in [0.25, 0.3) is 5.56 Å². The lowest BCUT2D eigenvalue weighted by atomic mass is 10.0. The number of hydrogen-bond acceptors (Lipinski definition) is 5. The van der Waals surface area contributed by atoms with E-state index in [4.69, 9.17) is 0 Å². The average molecular weight is 350 g/mol. The monoisotopic (exact) mass is 350 g/mol. The zero-order valence-corrected chi connectivity index (χ0v) is 14.0. The maximum absolute atomic E-state index is 14.0. The van der Waals surface area contributed by atoms with Crippen LogP contribution >= 0.6 is 11.3 Å². The lowest BCUT2D eigenvalue weighted by molar-refractivity contribution is 0.566. The Morgan fingerprint density at radius 1 is 1.29 bits per heavy atom. The van der Waals surface area contributed by atoms with E-state index in [2.05, 4.69) is 15.4 Å². The Hall–Kier alpha value is -2.35. The first-order valence-electron chi connectivity index (χ1n) is 7.63. The second-order valence-electron chi connectivity index (χ2n) is 5.31. The van der Waals surface area contributed by atoms with Crippen LogP contribution in [0, 0.1) is 11.6 Å². The lowest BCUT2D eigenvalue weighted by Gasteiger charge is -2.17. The summed E-state index contributed by atoms with van der Waals surface area (Å²) >= 11 is 1.20. The number of aromatic nitrogens is 3. The summed E-state index contributed by atoms with van der Waals surface area (Å²) < 4.78 is 28.6. The summed E-state index contributed by atoms with van der Waals surface area (Å²) in [6, 6.07) is 4.35. The van der Waals surface area contributed by atoms with Crippen LogP contribution in [0.5, 0.6) is 0 Å². The molecule has 0 aliphatic rings. The molecule has 5 nitrogen and oxygen atoms in total. The van der Waals surface area contributed by atoms with E-state index in [-0.39, 0.29) is 11.1 Å². The van der Waals surface area contributed by atoms with Crippen molar-refractivity contribution in [3.05, 3.63) is 57.5 Å². The van der Waals surface area contributed by atoms with Crippen molar-refractivity contribution in [3.8, 4) is 0 Å². The molecule has 0 aliphatic heterocycles. The summed E-state index contributed by atoms with van der Waals surface area (Å²) in [6.45, 7) is 3.77. The Morgan fingerprint density at radius 2 is 2.08 bits per heavy atom. The van der Waals surface area contributed by atoms with Crippen molar-refractivity contribution in [1.29, 1.82) is 0 Å².